The van der Waals surface area contributed by atoms with Gasteiger partial charge in [-0.15, -0.1) is 11.3 Å². The molecule has 7 heteroatoms. The van der Waals surface area contributed by atoms with Crippen molar-refractivity contribution in [2.24, 2.45) is 0 Å². The Labute approximate surface area is 184 Å². The maximum absolute atomic E-state index is 13.1. The Hall–Kier alpha value is -3.06. The molecule has 1 aromatic heterocycles. The molecule has 0 spiro atoms. The van der Waals surface area contributed by atoms with E-state index in [1.165, 1.54) is 12.1 Å². The van der Waals surface area contributed by atoms with Gasteiger partial charge in [-0.3, -0.25) is 9.59 Å². The highest BCUT2D eigenvalue weighted by atomic mass is 32.1. The Bertz CT molecular complexity index is 1040. The Morgan fingerprint density at radius 3 is 2.68 bits per heavy atom. The summed E-state index contributed by atoms with van der Waals surface area (Å²) in [5.41, 5.74) is 2.78. The van der Waals surface area contributed by atoms with Crippen molar-refractivity contribution in [3.05, 3.63) is 77.1 Å². The summed E-state index contributed by atoms with van der Waals surface area (Å²) in [6, 6.07) is 15.5. The fourth-order valence-electron chi connectivity index (χ4n) is 3.78. The molecule has 1 saturated heterocycles. The Balaban J connectivity index is 1.28. The average molecular weight is 438 g/mol. The van der Waals surface area contributed by atoms with Crippen molar-refractivity contribution in [3.63, 3.8) is 0 Å². The second-order valence-electron chi connectivity index (χ2n) is 7.60. The number of nitrogens with one attached hydrogen (secondary N) is 1. The fourth-order valence-corrected chi connectivity index (χ4v) is 4.64. The summed E-state index contributed by atoms with van der Waals surface area (Å²) < 4.78 is 13.1. The van der Waals surface area contributed by atoms with Crippen LogP contribution in [0.25, 0.3) is 10.6 Å². The number of hydrogen-bond donors (Lipinski definition) is 1. The number of benzene rings is 2. The summed E-state index contributed by atoms with van der Waals surface area (Å²) in [7, 11) is 0. The molecule has 3 aromatic rings. The van der Waals surface area contributed by atoms with E-state index in [1.54, 1.807) is 28.4 Å². The SMILES string of the molecule is O=C(NCCc1csc(-c2ccccc2)n1)C1CCCN1C(=O)Cc1ccc(F)cc1. The topological polar surface area (TPSA) is 62.3 Å². The predicted octanol–water partition coefficient (Wildman–Crippen LogP) is 3.84. The maximum Gasteiger partial charge on any atom is 0.242 e. The number of nitrogens with zero attached hydrogens (tertiary/aromatic N) is 2. The van der Waals surface area contributed by atoms with Crippen LogP contribution in [0.4, 0.5) is 4.39 Å². The Kier molecular flexibility index (Phi) is 6.72. The van der Waals surface area contributed by atoms with Gasteiger partial charge in [0.1, 0.15) is 16.9 Å². The molecule has 31 heavy (non-hydrogen) atoms. The van der Waals surface area contributed by atoms with Crippen LogP contribution < -0.4 is 5.32 Å². The minimum absolute atomic E-state index is 0.101. The van der Waals surface area contributed by atoms with Crippen LogP contribution in [0.2, 0.25) is 0 Å². The van der Waals surface area contributed by atoms with Gasteiger partial charge >= 0.3 is 0 Å². The number of hydrogen-bond acceptors (Lipinski definition) is 4. The molecular weight excluding hydrogens is 413 g/mol. The first-order chi connectivity index (χ1) is 15.1. The van der Waals surface area contributed by atoms with Gasteiger partial charge in [-0.05, 0) is 30.5 Å². The second kappa shape index (κ2) is 9.83. The van der Waals surface area contributed by atoms with E-state index in [-0.39, 0.29) is 24.1 Å². The number of aromatic nitrogens is 1. The number of halogens is 1. The Morgan fingerprint density at radius 2 is 1.90 bits per heavy atom. The number of carbonyl (C=O) groups is 2. The molecule has 0 bridgehead atoms. The van der Waals surface area contributed by atoms with Gasteiger partial charge in [0.2, 0.25) is 11.8 Å². The average Bonchev–Trinajstić information content (AvgIpc) is 3.46. The summed E-state index contributed by atoms with van der Waals surface area (Å²) >= 11 is 1.59. The van der Waals surface area contributed by atoms with Gasteiger partial charge < -0.3 is 10.2 Å². The third-order valence-corrected chi connectivity index (χ3v) is 6.34. The van der Waals surface area contributed by atoms with Gasteiger partial charge in [0.25, 0.3) is 0 Å². The van der Waals surface area contributed by atoms with E-state index in [0.29, 0.717) is 25.9 Å². The quantitative estimate of drug-likeness (QED) is 0.611. The zero-order chi connectivity index (χ0) is 21.6. The van der Waals surface area contributed by atoms with Crippen molar-refractivity contribution in [1.29, 1.82) is 0 Å². The first-order valence-corrected chi connectivity index (χ1v) is 11.3. The molecule has 1 atom stereocenters. The van der Waals surface area contributed by atoms with Crippen molar-refractivity contribution in [2.45, 2.75) is 31.7 Å². The van der Waals surface area contributed by atoms with E-state index in [0.717, 1.165) is 28.2 Å². The van der Waals surface area contributed by atoms with Crippen molar-refractivity contribution < 1.29 is 14.0 Å². The molecule has 4 rings (SSSR count). The Morgan fingerprint density at radius 1 is 1.13 bits per heavy atom. The smallest absolute Gasteiger partial charge is 0.242 e. The summed E-state index contributed by atoms with van der Waals surface area (Å²) in [6.07, 6.45) is 2.28. The zero-order valence-electron chi connectivity index (χ0n) is 17.1. The van der Waals surface area contributed by atoms with Crippen molar-refractivity contribution in [2.75, 3.05) is 13.1 Å². The lowest BCUT2D eigenvalue weighted by molar-refractivity contribution is -0.137. The van der Waals surface area contributed by atoms with E-state index in [1.807, 2.05) is 35.7 Å². The minimum atomic E-state index is -0.441. The first-order valence-electron chi connectivity index (χ1n) is 10.4. The molecule has 1 N–H and O–H groups in total. The van der Waals surface area contributed by atoms with Crippen LogP contribution in [-0.2, 0) is 22.4 Å². The molecule has 2 aromatic carbocycles. The van der Waals surface area contributed by atoms with Crippen molar-refractivity contribution in [1.82, 2.24) is 15.2 Å². The summed E-state index contributed by atoms with van der Waals surface area (Å²) in [5.74, 6) is -0.551. The molecule has 0 aliphatic carbocycles. The highest BCUT2D eigenvalue weighted by Crippen LogP contribution is 2.23. The van der Waals surface area contributed by atoms with Crippen LogP contribution in [-0.4, -0.2) is 40.8 Å². The van der Waals surface area contributed by atoms with E-state index >= 15 is 0 Å². The first kappa shape index (κ1) is 21.2. The van der Waals surface area contributed by atoms with E-state index in [4.69, 9.17) is 0 Å². The van der Waals surface area contributed by atoms with Gasteiger partial charge in [0, 0.05) is 30.5 Å². The molecule has 0 radical (unpaired) electrons. The lowest BCUT2D eigenvalue weighted by Crippen LogP contribution is -2.46. The molecule has 160 valence electrons. The van der Waals surface area contributed by atoms with E-state index < -0.39 is 6.04 Å². The van der Waals surface area contributed by atoms with Gasteiger partial charge in [0.05, 0.1) is 12.1 Å². The predicted molar refractivity (Wildman–Crippen MR) is 119 cm³/mol. The molecule has 1 aliphatic rings. The van der Waals surface area contributed by atoms with Crippen LogP contribution >= 0.6 is 11.3 Å². The van der Waals surface area contributed by atoms with Crippen LogP contribution in [0.3, 0.4) is 0 Å². The molecule has 2 amide bonds. The molecule has 2 heterocycles. The largest absolute Gasteiger partial charge is 0.354 e. The third kappa shape index (κ3) is 5.35. The van der Waals surface area contributed by atoms with Crippen molar-refractivity contribution >= 4 is 23.2 Å². The molecule has 1 aliphatic heterocycles. The zero-order valence-corrected chi connectivity index (χ0v) is 17.9. The highest BCUT2D eigenvalue weighted by molar-refractivity contribution is 7.13. The summed E-state index contributed by atoms with van der Waals surface area (Å²) in [5, 5.41) is 5.94. The monoisotopic (exact) mass is 437 g/mol. The number of amides is 2. The third-order valence-electron chi connectivity index (χ3n) is 5.40. The number of rotatable bonds is 7. The second-order valence-corrected chi connectivity index (χ2v) is 8.46. The van der Waals surface area contributed by atoms with E-state index in [2.05, 4.69) is 10.3 Å². The normalized spacial score (nSPS) is 15.8. The molecular formula is C24H24FN3O2S. The summed E-state index contributed by atoms with van der Waals surface area (Å²) in [6.45, 7) is 1.05. The number of thiazole rings is 1. The minimum Gasteiger partial charge on any atom is -0.354 e. The van der Waals surface area contributed by atoms with Crippen LogP contribution in [0.1, 0.15) is 24.1 Å². The molecule has 1 unspecified atom stereocenters. The van der Waals surface area contributed by atoms with Crippen molar-refractivity contribution in [3.8, 4) is 10.6 Å². The van der Waals surface area contributed by atoms with Gasteiger partial charge in [0.15, 0.2) is 0 Å². The lowest BCUT2D eigenvalue weighted by Gasteiger charge is -2.24. The standard InChI is InChI=1S/C24H24FN3O2S/c25-19-10-8-17(9-11-19)15-22(29)28-14-4-7-21(28)23(30)26-13-12-20-16-31-24(27-20)18-5-2-1-3-6-18/h1-3,5-6,8-11,16,21H,4,7,12-15H2,(H,26,30). The molecule has 5 nitrogen and oxygen atoms in total. The molecule has 0 saturated carbocycles. The van der Waals surface area contributed by atoms with Crippen LogP contribution in [0.15, 0.2) is 60.0 Å². The highest BCUT2D eigenvalue weighted by Gasteiger charge is 2.33. The van der Waals surface area contributed by atoms with Crippen LogP contribution in [0.5, 0.6) is 0 Å². The lowest BCUT2D eigenvalue weighted by atomic mass is 10.1. The van der Waals surface area contributed by atoms with Gasteiger partial charge in [-0.25, -0.2) is 9.37 Å². The van der Waals surface area contributed by atoms with Gasteiger partial charge in [-0.1, -0.05) is 42.5 Å². The number of likely N-dealkylation sites (tertiary alicyclic amines) is 1. The summed E-state index contributed by atoms with van der Waals surface area (Å²) in [4.78, 5) is 31.7. The van der Waals surface area contributed by atoms with Crippen LogP contribution in [0, 0.1) is 5.82 Å². The maximum atomic E-state index is 13.1. The fraction of sp³-hybridized carbons (Fsp3) is 0.292. The van der Waals surface area contributed by atoms with E-state index in [9.17, 15) is 14.0 Å². The molecule has 1 fully saturated rings. The number of carbonyl (C=O) groups excluding carboxylic acids is 2. The van der Waals surface area contributed by atoms with Gasteiger partial charge in [-0.2, -0.15) is 0 Å².